The summed E-state index contributed by atoms with van der Waals surface area (Å²) in [5.41, 5.74) is 3.58. The van der Waals surface area contributed by atoms with E-state index in [2.05, 4.69) is 59.2 Å². The fourth-order valence-electron chi connectivity index (χ4n) is 5.85. The second-order valence-electron chi connectivity index (χ2n) is 9.93. The van der Waals surface area contributed by atoms with Gasteiger partial charge in [-0.2, -0.15) is 0 Å². The van der Waals surface area contributed by atoms with Crippen molar-refractivity contribution in [2.45, 2.75) is 38.1 Å². The second kappa shape index (κ2) is 10.4. The summed E-state index contributed by atoms with van der Waals surface area (Å²) < 4.78 is 16.7. The molecule has 0 aliphatic carbocycles. The first kappa shape index (κ1) is 24.4. The van der Waals surface area contributed by atoms with Crippen molar-refractivity contribution in [2.24, 2.45) is 0 Å². The van der Waals surface area contributed by atoms with Crippen molar-refractivity contribution >= 4 is 16.7 Å². The maximum atomic E-state index is 13.7. The lowest BCUT2D eigenvalue weighted by Gasteiger charge is -2.42. The summed E-state index contributed by atoms with van der Waals surface area (Å²) in [6.07, 6.45) is 3.16. The van der Waals surface area contributed by atoms with Gasteiger partial charge in [0.15, 0.2) is 11.5 Å². The molecule has 3 aromatic carbocycles. The number of rotatable bonds is 7. The maximum Gasteiger partial charge on any atom is 0.237 e. The number of hydrogen-bond acceptors (Lipinski definition) is 5. The molecule has 36 heavy (non-hydrogen) atoms. The quantitative estimate of drug-likeness (QED) is 0.458. The predicted molar refractivity (Wildman–Crippen MR) is 142 cm³/mol. The van der Waals surface area contributed by atoms with Crippen LogP contribution in [0.3, 0.4) is 0 Å². The average molecular weight is 489 g/mol. The van der Waals surface area contributed by atoms with Crippen LogP contribution in [0.1, 0.15) is 48.4 Å². The van der Waals surface area contributed by atoms with Gasteiger partial charge in [0.2, 0.25) is 5.91 Å². The topological polar surface area (TPSA) is 51.2 Å². The third-order valence-corrected chi connectivity index (χ3v) is 7.87. The summed E-state index contributed by atoms with van der Waals surface area (Å²) in [7, 11) is 5.03. The Morgan fingerprint density at radius 1 is 0.889 bits per heavy atom. The van der Waals surface area contributed by atoms with E-state index in [1.54, 1.807) is 21.3 Å². The number of methoxy groups -OCH3 is 3. The summed E-state index contributed by atoms with van der Waals surface area (Å²) >= 11 is 0. The summed E-state index contributed by atoms with van der Waals surface area (Å²) in [4.78, 5) is 18.1. The SMILES string of the molecule is COc1ccc2cc(C(C)C3c4cc(OC)c(OC)cc4CCN3C(=O)CN3CCCC3)ccc2c1. The summed E-state index contributed by atoms with van der Waals surface area (Å²) in [5.74, 6) is 2.59. The highest BCUT2D eigenvalue weighted by Crippen LogP contribution is 2.44. The zero-order chi connectivity index (χ0) is 25.2. The van der Waals surface area contributed by atoms with Crippen LogP contribution in [0.2, 0.25) is 0 Å². The lowest BCUT2D eigenvalue weighted by atomic mass is 9.81. The van der Waals surface area contributed by atoms with E-state index in [0.717, 1.165) is 42.0 Å². The molecule has 0 radical (unpaired) electrons. The van der Waals surface area contributed by atoms with Crippen molar-refractivity contribution in [1.82, 2.24) is 9.80 Å². The van der Waals surface area contributed by atoms with Crippen LogP contribution in [0.4, 0.5) is 0 Å². The van der Waals surface area contributed by atoms with Gasteiger partial charge in [-0.15, -0.1) is 0 Å². The van der Waals surface area contributed by atoms with Gasteiger partial charge >= 0.3 is 0 Å². The van der Waals surface area contributed by atoms with Crippen LogP contribution < -0.4 is 14.2 Å². The van der Waals surface area contributed by atoms with E-state index in [-0.39, 0.29) is 17.9 Å². The number of carbonyl (C=O) groups is 1. The molecule has 0 bridgehead atoms. The zero-order valence-corrected chi connectivity index (χ0v) is 21.8. The van der Waals surface area contributed by atoms with Gasteiger partial charge in [-0.3, -0.25) is 9.69 Å². The van der Waals surface area contributed by atoms with E-state index in [9.17, 15) is 4.79 Å². The molecular weight excluding hydrogens is 452 g/mol. The Labute approximate surface area is 213 Å². The van der Waals surface area contributed by atoms with E-state index >= 15 is 0 Å². The summed E-state index contributed by atoms with van der Waals surface area (Å²) in [6.45, 7) is 5.45. The minimum Gasteiger partial charge on any atom is -0.497 e. The van der Waals surface area contributed by atoms with Crippen LogP contribution in [0, 0.1) is 0 Å². The normalized spacial score (nSPS) is 18.7. The van der Waals surface area contributed by atoms with E-state index in [1.807, 2.05) is 6.07 Å². The van der Waals surface area contributed by atoms with E-state index in [0.29, 0.717) is 18.8 Å². The van der Waals surface area contributed by atoms with Crippen molar-refractivity contribution < 1.29 is 19.0 Å². The highest BCUT2D eigenvalue weighted by Gasteiger charge is 2.37. The maximum absolute atomic E-state index is 13.7. The standard InChI is InChI=1S/C30H36N2O4/c1-20(21-7-8-23-16-25(34-2)10-9-22(23)15-21)30-26-18-28(36-4)27(35-3)17-24(26)11-14-32(30)29(33)19-31-12-5-6-13-31/h7-10,15-18,20,30H,5-6,11-14,19H2,1-4H3. The van der Waals surface area contributed by atoms with Crippen molar-refractivity contribution in [3.63, 3.8) is 0 Å². The number of hydrogen-bond donors (Lipinski definition) is 0. The Morgan fingerprint density at radius 3 is 2.31 bits per heavy atom. The number of carbonyl (C=O) groups excluding carboxylic acids is 1. The molecule has 6 nitrogen and oxygen atoms in total. The molecule has 6 heteroatoms. The highest BCUT2D eigenvalue weighted by atomic mass is 16.5. The first-order chi connectivity index (χ1) is 17.5. The molecule has 0 N–H and O–H groups in total. The minimum atomic E-state index is -0.0839. The van der Waals surface area contributed by atoms with E-state index in [1.165, 1.54) is 29.4 Å². The Bertz CT molecular complexity index is 1250. The second-order valence-corrected chi connectivity index (χ2v) is 9.93. The third kappa shape index (κ3) is 4.62. The monoisotopic (exact) mass is 488 g/mol. The van der Waals surface area contributed by atoms with Gasteiger partial charge in [-0.25, -0.2) is 0 Å². The van der Waals surface area contributed by atoms with Crippen molar-refractivity contribution in [3.05, 3.63) is 65.2 Å². The highest BCUT2D eigenvalue weighted by molar-refractivity contribution is 5.85. The Hall–Kier alpha value is -3.25. The van der Waals surface area contributed by atoms with Crippen LogP contribution in [-0.4, -0.2) is 63.2 Å². The molecule has 2 aliphatic rings. The van der Waals surface area contributed by atoms with Crippen LogP contribution in [-0.2, 0) is 11.2 Å². The van der Waals surface area contributed by atoms with Gasteiger partial charge in [0.05, 0.1) is 33.9 Å². The largest absolute Gasteiger partial charge is 0.497 e. The van der Waals surface area contributed by atoms with Crippen molar-refractivity contribution in [1.29, 1.82) is 0 Å². The molecule has 1 fully saturated rings. The third-order valence-electron chi connectivity index (χ3n) is 7.87. The fourth-order valence-corrected chi connectivity index (χ4v) is 5.85. The summed E-state index contributed by atoms with van der Waals surface area (Å²) in [5, 5.41) is 2.31. The van der Waals surface area contributed by atoms with Crippen LogP contribution in [0.15, 0.2) is 48.5 Å². The zero-order valence-electron chi connectivity index (χ0n) is 21.8. The van der Waals surface area contributed by atoms with E-state index < -0.39 is 0 Å². The smallest absolute Gasteiger partial charge is 0.237 e. The number of ether oxygens (including phenoxy) is 3. The van der Waals surface area contributed by atoms with Gasteiger partial charge in [0, 0.05) is 12.5 Å². The Morgan fingerprint density at radius 2 is 1.58 bits per heavy atom. The molecule has 5 rings (SSSR count). The molecule has 1 amide bonds. The fraction of sp³-hybridized carbons (Fsp3) is 0.433. The Balaban J connectivity index is 1.55. The number of benzene rings is 3. The molecule has 0 aromatic heterocycles. The minimum absolute atomic E-state index is 0.0839. The average Bonchev–Trinajstić information content (AvgIpc) is 3.43. The number of likely N-dealkylation sites (tertiary alicyclic amines) is 1. The molecule has 2 heterocycles. The van der Waals surface area contributed by atoms with Gasteiger partial charge < -0.3 is 19.1 Å². The van der Waals surface area contributed by atoms with Crippen LogP contribution in [0.25, 0.3) is 10.8 Å². The molecule has 1 saturated heterocycles. The summed E-state index contributed by atoms with van der Waals surface area (Å²) in [6, 6.07) is 16.8. The van der Waals surface area contributed by atoms with Crippen molar-refractivity contribution in [3.8, 4) is 17.2 Å². The molecule has 3 aromatic rings. The molecule has 0 saturated carbocycles. The lowest BCUT2D eigenvalue weighted by Crippen LogP contribution is -2.46. The molecule has 2 atom stereocenters. The van der Waals surface area contributed by atoms with Gasteiger partial charge in [0.1, 0.15) is 5.75 Å². The predicted octanol–water partition coefficient (Wildman–Crippen LogP) is 5.19. The number of nitrogens with zero attached hydrogens (tertiary/aromatic N) is 2. The van der Waals surface area contributed by atoms with Crippen LogP contribution in [0.5, 0.6) is 17.2 Å². The van der Waals surface area contributed by atoms with Gasteiger partial charge in [0.25, 0.3) is 0 Å². The van der Waals surface area contributed by atoms with Crippen LogP contribution >= 0.6 is 0 Å². The van der Waals surface area contributed by atoms with Crippen molar-refractivity contribution in [2.75, 3.05) is 47.5 Å². The first-order valence-electron chi connectivity index (χ1n) is 12.9. The van der Waals surface area contributed by atoms with E-state index in [4.69, 9.17) is 14.2 Å². The lowest BCUT2D eigenvalue weighted by molar-refractivity contribution is -0.135. The van der Waals surface area contributed by atoms with Gasteiger partial charge in [-0.1, -0.05) is 31.2 Å². The number of amides is 1. The molecule has 0 spiro atoms. The Kier molecular flexibility index (Phi) is 7.06. The number of fused-ring (bicyclic) bond motifs is 2. The van der Waals surface area contributed by atoms with Gasteiger partial charge in [-0.05, 0) is 84.1 Å². The molecule has 2 unspecified atom stereocenters. The first-order valence-corrected chi connectivity index (χ1v) is 12.9. The molecule has 2 aliphatic heterocycles. The molecule has 190 valence electrons. The molecular formula is C30H36N2O4.